The van der Waals surface area contributed by atoms with E-state index in [2.05, 4.69) is 22.4 Å². The fraction of sp³-hybridized carbons (Fsp3) is 0.346. The Labute approximate surface area is 193 Å². The van der Waals surface area contributed by atoms with E-state index in [0.717, 1.165) is 39.3 Å². The van der Waals surface area contributed by atoms with Gasteiger partial charge in [-0.3, -0.25) is 14.6 Å². The maximum absolute atomic E-state index is 13.4. The van der Waals surface area contributed by atoms with Crippen molar-refractivity contribution in [2.75, 3.05) is 19.6 Å². The van der Waals surface area contributed by atoms with Crippen LogP contribution in [0, 0.1) is 12.3 Å². The number of hydrogen-bond donors (Lipinski definition) is 1. The van der Waals surface area contributed by atoms with E-state index in [1.54, 1.807) is 6.20 Å². The average molecular weight is 448 g/mol. The second kappa shape index (κ2) is 9.65. The molecule has 1 aliphatic rings. The fourth-order valence-corrected chi connectivity index (χ4v) is 5.45. The van der Waals surface area contributed by atoms with Gasteiger partial charge in [0.1, 0.15) is 0 Å². The van der Waals surface area contributed by atoms with Crippen LogP contribution in [0.2, 0.25) is 0 Å². The first-order valence-electron chi connectivity index (χ1n) is 11.1. The predicted octanol–water partition coefficient (Wildman–Crippen LogP) is 4.72. The number of aryl methyl sites for hydroxylation is 1. The highest BCUT2D eigenvalue weighted by molar-refractivity contribution is 7.13. The number of nitrogens with zero attached hydrogens (tertiary/aromatic N) is 2. The second-order valence-corrected chi connectivity index (χ2v) is 9.74. The summed E-state index contributed by atoms with van der Waals surface area (Å²) in [5, 5.41) is 3.05. The molecule has 1 aliphatic heterocycles. The number of aromatic nitrogens is 1. The standard InChI is InChI=1S/C26H29N3O2S/c1-3-28-25(31)26(13-7-15-29(18-26)24(30)23-12-11-19(2)32-23)16-20-8-4-5-10-22(20)21-9-6-14-27-17-21/h4-6,8-12,14,17H,3,7,13,15-16,18H2,1-2H3,(H,28,31)/t26-/m0/s1. The fourth-order valence-electron chi connectivity index (χ4n) is 4.61. The van der Waals surface area contributed by atoms with E-state index in [1.807, 2.05) is 61.3 Å². The maximum atomic E-state index is 13.4. The summed E-state index contributed by atoms with van der Waals surface area (Å²) in [4.78, 5) is 34.6. The number of rotatable bonds is 6. The summed E-state index contributed by atoms with van der Waals surface area (Å²) in [6, 6.07) is 16.0. The Kier molecular flexibility index (Phi) is 6.70. The molecule has 4 rings (SSSR count). The van der Waals surface area contributed by atoms with Gasteiger partial charge in [-0.2, -0.15) is 0 Å². The Morgan fingerprint density at radius 2 is 2.00 bits per heavy atom. The molecular weight excluding hydrogens is 418 g/mol. The highest BCUT2D eigenvalue weighted by atomic mass is 32.1. The molecule has 1 fully saturated rings. The van der Waals surface area contributed by atoms with Crippen LogP contribution in [0.4, 0.5) is 0 Å². The van der Waals surface area contributed by atoms with Gasteiger partial charge in [-0.25, -0.2) is 0 Å². The first-order chi connectivity index (χ1) is 15.5. The van der Waals surface area contributed by atoms with Crippen molar-refractivity contribution in [3.05, 3.63) is 76.2 Å². The van der Waals surface area contributed by atoms with Crippen LogP contribution in [-0.2, 0) is 11.2 Å². The number of carbonyl (C=O) groups is 2. The van der Waals surface area contributed by atoms with Crippen LogP contribution in [0.1, 0.15) is 39.9 Å². The summed E-state index contributed by atoms with van der Waals surface area (Å²) < 4.78 is 0. The van der Waals surface area contributed by atoms with Crippen LogP contribution in [0.5, 0.6) is 0 Å². The minimum Gasteiger partial charge on any atom is -0.356 e. The molecule has 1 N–H and O–H groups in total. The van der Waals surface area contributed by atoms with Crippen LogP contribution in [-0.4, -0.2) is 41.3 Å². The SMILES string of the molecule is CCNC(=O)[C@]1(Cc2ccccc2-c2cccnc2)CCCN(C(=O)c2ccc(C)s2)C1. The summed E-state index contributed by atoms with van der Waals surface area (Å²) in [5.74, 6) is 0.0536. The molecule has 3 heterocycles. The third kappa shape index (κ3) is 4.60. The summed E-state index contributed by atoms with van der Waals surface area (Å²) >= 11 is 1.51. The molecule has 0 aliphatic carbocycles. The lowest BCUT2D eigenvalue weighted by molar-refractivity contribution is -0.133. The van der Waals surface area contributed by atoms with Gasteiger partial charge in [0, 0.05) is 42.5 Å². The molecule has 5 nitrogen and oxygen atoms in total. The molecule has 2 aromatic heterocycles. The van der Waals surface area contributed by atoms with Gasteiger partial charge in [-0.1, -0.05) is 30.3 Å². The van der Waals surface area contributed by atoms with E-state index in [9.17, 15) is 9.59 Å². The van der Waals surface area contributed by atoms with E-state index >= 15 is 0 Å². The lowest BCUT2D eigenvalue weighted by Crippen LogP contribution is -2.54. The lowest BCUT2D eigenvalue weighted by atomic mass is 9.73. The number of nitrogens with one attached hydrogen (secondary N) is 1. The lowest BCUT2D eigenvalue weighted by Gasteiger charge is -2.42. The summed E-state index contributed by atoms with van der Waals surface area (Å²) in [5.41, 5.74) is 2.57. The number of hydrogen-bond acceptors (Lipinski definition) is 4. The van der Waals surface area contributed by atoms with Gasteiger partial charge in [-0.05, 0) is 62.4 Å². The minimum absolute atomic E-state index is 0.0250. The number of benzene rings is 1. The molecule has 0 unspecified atom stereocenters. The summed E-state index contributed by atoms with van der Waals surface area (Å²) in [7, 11) is 0. The molecule has 1 aromatic carbocycles. The monoisotopic (exact) mass is 447 g/mol. The molecule has 32 heavy (non-hydrogen) atoms. The Hall–Kier alpha value is -2.99. The number of carbonyl (C=O) groups excluding carboxylic acids is 2. The van der Waals surface area contributed by atoms with E-state index in [1.165, 1.54) is 11.3 Å². The first kappa shape index (κ1) is 22.2. The average Bonchev–Trinajstić information content (AvgIpc) is 3.26. The molecule has 0 spiro atoms. The number of piperidine rings is 1. The van der Waals surface area contributed by atoms with Crippen molar-refractivity contribution in [1.29, 1.82) is 0 Å². The van der Waals surface area contributed by atoms with E-state index in [-0.39, 0.29) is 11.8 Å². The zero-order chi connectivity index (χ0) is 22.6. The van der Waals surface area contributed by atoms with Crippen LogP contribution in [0.3, 0.4) is 0 Å². The molecule has 166 valence electrons. The molecule has 0 bridgehead atoms. The molecular formula is C26H29N3O2S. The summed E-state index contributed by atoms with van der Waals surface area (Å²) in [6.45, 7) is 5.63. The van der Waals surface area contributed by atoms with Gasteiger partial charge in [0.05, 0.1) is 10.3 Å². The predicted molar refractivity (Wildman–Crippen MR) is 129 cm³/mol. The Morgan fingerprint density at radius 1 is 1.16 bits per heavy atom. The van der Waals surface area contributed by atoms with Crippen LogP contribution >= 0.6 is 11.3 Å². The molecule has 2 amide bonds. The van der Waals surface area contributed by atoms with E-state index < -0.39 is 5.41 Å². The second-order valence-electron chi connectivity index (χ2n) is 8.46. The van der Waals surface area contributed by atoms with Gasteiger partial charge in [-0.15, -0.1) is 11.3 Å². The topological polar surface area (TPSA) is 62.3 Å². The van der Waals surface area contributed by atoms with Gasteiger partial charge in [0.15, 0.2) is 0 Å². The highest BCUT2D eigenvalue weighted by Gasteiger charge is 2.44. The highest BCUT2D eigenvalue weighted by Crippen LogP contribution is 2.38. The van der Waals surface area contributed by atoms with Crippen LogP contribution in [0.15, 0.2) is 60.9 Å². The van der Waals surface area contributed by atoms with Crippen molar-refractivity contribution in [2.45, 2.75) is 33.1 Å². The normalized spacial score (nSPS) is 18.4. The van der Waals surface area contributed by atoms with Crippen molar-refractivity contribution in [2.24, 2.45) is 5.41 Å². The third-order valence-electron chi connectivity index (χ3n) is 6.15. The minimum atomic E-state index is -0.658. The quantitative estimate of drug-likeness (QED) is 0.595. The largest absolute Gasteiger partial charge is 0.356 e. The van der Waals surface area contributed by atoms with E-state index in [0.29, 0.717) is 26.1 Å². The van der Waals surface area contributed by atoms with Crippen LogP contribution < -0.4 is 5.32 Å². The molecule has 1 saturated heterocycles. The molecule has 3 aromatic rings. The number of amides is 2. The van der Waals surface area contributed by atoms with Crippen LogP contribution in [0.25, 0.3) is 11.1 Å². The molecule has 6 heteroatoms. The van der Waals surface area contributed by atoms with Gasteiger partial charge in [0.25, 0.3) is 5.91 Å². The Balaban J connectivity index is 1.67. The molecule has 0 radical (unpaired) electrons. The smallest absolute Gasteiger partial charge is 0.263 e. The van der Waals surface area contributed by atoms with Crippen molar-refractivity contribution >= 4 is 23.2 Å². The van der Waals surface area contributed by atoms with Crippen molar-refractivity contribution < 1.29 is 9.59 Å². The Bertz CT molecular complexity index is 1100. The Morgan fingerprint density at radius 3 is 2.72 bits per heavy atom. The van der Waals surface area contributed by atoms with Crippen molar-refractivity contribution in [3.8, 4) is 11.1 Å². The van der Waals surface area contributed by atoms with Gasteiger partial charge < -0.3 is 10.2 Å². The number of likely N-dealkylation sites (tertiary alicyclic amines) is 1. The van der Waals surface area contributed by atoms with E-state index in [4.69, 9.17) is 0 Å². The van der Waals surface area contributed by atoms with Gasteiger partial charge in [0.2, 0.25) is 5.91 Å². The molecule has 1 atom stereocenters. The third-order valence-corrected chi connectivity index (χ3v) is 7.14. The summed E-state index contributed by atoms with van der Waals surface area (Å²) in [6.07, 6.45) is 5.76. The zero-order valence-electron chi connectivity index (χ0n) is 18.6. The number of pyridine rings is 1. The first-order valence-corrected chi connectivity index (χ1v) is 12.0. The number of thiophene rings is 1. The zero-order valence-corrected chi connectivity index (χ0v) is 19.5. The van der Waals surface area contributed by atoms with Crippen molar-refractivity contribution in [1.82, 2.24) is 15.2 Å². The molecule has 0 saturated carbocycles. The maximum Gasteiger partial charge on any atom is 0.263 e. The van der Waals surface area contributed by atoms with Crippen molar-refractivity contribution in [3.63, 3.8) is 0 Å². The van der Waals surface area contributed by atoms with Gasteiger partial charge >= 0.3 is 0 Å².